The van der Waals surface area contributed by atoms with Gasteiger partial charge in [0.05, 0.1) is 7.11 Å². The normalized spacial score (nSPS) is 10.1. The number of aromatic nitrogens is 1. The fourth-order valence-electron chi connectivity index (χ4n) is 1.64. The molecule has 0 radical (unpaired) electrons. The number of pyridine rings is 1. The summed E-state index contributed by atoms with van der Waals surface area (Å²) in [5, 5.41) is 0. The summed E-state index contributed by atoms with van der Waals surface area (Å²) in [7, 11) is 1.61. The zero-order chi connectivity index (χ0) is 11.4. The van der Waals surface area contributed by atoms with Crippen LogP contribution in [-0.2, 0) is 6.54 Å². The first kappa shape index (κ1) is 10.6. The molecule has 1 heterocycles. The fraction of sp³-hybridized carbons (Fsp3) is 0.154. The number of ether oxygens (including phenoxy) is 1. The molecule has 0 aliphatic heterocycles. The minimum Gasteiger partial charge on any atom is -0.481 e. The Balaban J connectivity index is 2.42. The molecule has 0 aliphatic carbocycles. The molecule has 0 atom stereocenters. The summed E-state index contributed by atoms with van der Waals surface area (Å²) in [6.45, 7) is 0.530. The van der Waals surface area contributed by atoms with E-state index >= 15 is 0 Å². The molecular formula is C13H14N2O. The third-order valence-electron chi connectivity index (χ3n) is 2.49. The maximum atomic E-state index is 5.70. The van der Waals surface area contributed by atoms with Gasteiger partial charge in [-0.2, -0.15) is 0 Å². The first-order valence-corrected chi connectivity index (χ1v) is 5.13. The molecule has 0 aliphatic rings. The zero-order valence-corrected chi connectivity index (χ0v) is 9.18. The van der Waals surface area contributed by atoms with Crippen LogP contribution < -0.4 is 10.5 Å². The van der Waals surface area contributed by atoms with Gasteiger partial charge in [0.1, 0.15) is 0 Å². The van der Waals surface area contributed by atoms with E-state index in [0.29, 0.717) is 12.4 Å². The number of methoxy groups -OCH3 is 1. The molecular weight excluding hydrogens is 200 g/mol. The van der Waals surface area contributed by atoms with Crippen LogP contribution in [0, 0.1) is 0 Å². The van der Waals surface area contributed by atoms with Crippen molar-refractivity contribution in [3.8, 4) is 17.0 Å². The predicted octanol–water partition coefficient (Wildman–Crippen LogP) is 2.22. The Kier molecular flexibility index (Phi) is 3.17. The monoisotopic (exact) mass is 214 g/mol. The van der Waals surface area contributed by atoms with Gasteiger partial charge in [-0.15, -0.1) is 0 Å². The Morgan fingerprint density at radius 1 is 1.19 bits per heavy atom. The van der Waals surface area contributed by atoms with Crippen molar-refractivity contribution < 1.29 is 4.74 Å². The van der Waals surface area contributed by atoms with Gasteiger partial charge in [-0.05, 0) is 17.2 Å². The SMILES string of the molecule is COc1ccc(-c2ccccc2CN)cn1. The summed E-state index contributed by atoms with van der Waals surface area (Å²) in [6.07, 6.45) is 1.80. The smallest absolute Gasteiger partial charge is 0.212 e. The van der Waals surface area contributed by atoms with Crippen LogP contribution in [0.2, 0.25) is 0 Å². The number of benzene rings is 1. The van der Waals surface area contributed by atoms with Crippen molar-refractivity contribution in [1.82, 2.24) is 4.98 Å². The van der Waals surface area contributed by atoms with E-state index in [0.717, 1.165) is 16.7 Å². The van der Waals surface area contributed by atoms with Gasteiger partial charge < -0.3 is 10.5 Å². The van der Waals surface area contributed by atoms with Gasteiger partial charge in [0, 0.05) is 24.4 Å². The third-order valence-corrected chi connectivity index (χ3v) is 2.49. The summed E-state index contributed by atoms with van der Waals surface area (Å²) >= 11 is 0. The van der Waals surface area contributed by atoms with Gasteiger partial charge >= 0.3 is 0 Å². The van der Waals surface area contributed by atoms with Crippen LogP contribution in [0.5, 0.6) is 5.88 Å². The van der Waals surface area contributed by atoms with Crippen LogP contribution in [-0.4, -0.2) is 12.1 Å². The molecule has 1 aromatic heterocycles. The van der Waals surface area contributed by atoms with Gasteiger partial charge in [-0.1, -0.05) is 24.3 Å². The fourth-order valence-corrected chi connectivity index (χ4v) is 1.64. The highest BCUT2D eigenvalue weighted by molar-refractivity contribution is 5.66. The minimum absolute atomic E-state index is 0.530. The van der Waals surface area contributed by atoms with Gasteiger partial charge in [0.15, 0.2) is 0 Å². The van der Waals surface area contributed by atoms with Crippen molar-refractivity contribution in [2.24, 2.45) is 5.73 Å². The molecule has 0 spiro atoms. The van der Waals surface area contributed by atoms with E-state index in [2.05, 4.69) is 4.98 Å². The van der Waals surface area contributed by atoms with Crippen molar-refractivity contribution in [1.29, 1.82) is 0 Å². The quantitative estimate of drug-likeness (QED) is 0.852. The highest BCUT2D eigenvalue weighted by Gasteiger charge is 2.03. The Morgan fingerprint density at radius 2 is 2.00 bits per heavy atom. The first-order valence-electron chi connectivity index (χ1n) is 5.13. The molecule has 0 fully saturated rings. The standard InChI is InChI=1S/C13H14N2O/c1-16-13-7-6-11(9-15-13)12-5-3-2-4-10(12)8-14/h2-7,9H,8,14H2,1H3. The lowest BCUT2D eigenvalue weighted by Gasteiger charge is -2.07. The van der Waals surface area contributed by atoms with Crippen LogP contribution >= 0.6 is 0 Å². The number of nitrogens with two attached hydrogens (primary N) is 1. The largest absolute Gasteiger partial charge is 0.481 e. The average Bonchev–Trinajstić information content (AvgIpc) is 2.39. The van der Waals surface area contributed by atoms with Gasteiger partial charge in [-0.25, -0.2) is 4.98 Å². The average molecular weight is 214 g/mol. The lowest BCUT2D eigenvalue weighted by molar-refractivity contribution is 0.398. The van der Waals surface area contributed by atoms with Crippen LogP contribution in [0.4, 0.5) is 0 Å². The number of hydrogen-bond acceptors (Lipinski definition) is 3. The summed E-state index contributed by atoms with van der Waals surface area (Å²) in [6, 6.07) is 11.9. The molecule has 0 saturated heterocycles. The Labute approximate surface area is 94.9 Å². The molecule has 2 rings (SSSR count). The Bertz CT molecular complexity index is 466. The molecule has 0 amide bonds. The van der Waals surface area contributed by atoms with Crippen molar-refractivity contribution in [2.75, 3.05) is 7.11 Å². The summed E-state index contributed by atoms with van der Waals surface area (Å²) in [5.41, 5.74) is 9.00. The predicted molar refractivity (Wildman–Crippen MR) is 64.1 cm³/mol. The van der Waals surface area contributed by atoms with E-state index in [1.807, 2.05) is 36.4 Å². The second-order valence-electron chi connectivity index (χ2n) is 3.45. The number of nitrogens with zero attached hydrogens (tertiary/aromatic N) is 1. The van der Waals surface area contributed by atoms with Crippen molar-refractivity contribution in [3.63, 3.8) is 0 Å². The van der Waals surface area contributed by atoms with Crippen molar-refractivity contribution in [2.45, 2.75) is 6.54 Å². The molecule has 82 valence electrons. The van der Waals surface area contributed by atoms with Crippen LogP contribution in [0.1, 0.15) is 5.56 Å². The maximum Gasteiger partial charge on any atom is 0.212 e. The molecule has 0 bridgehead atoms. The summed E-state index contributed by atoms with van der Waals surface area (Å²) in [5.74, 6) is 0.619. The summed E-state index contributed by atoms with van der Waals surface area (Å²) in [4.78, 5) is 4.19. The maximum absolute atomic E-state index is 5.70. The van der Waals surface area contributed by atoms with Crippen LogP contribution in [0.3, 0.4) is 0 Å². The Morgan fingerprint density at radius 3 is 2.62 bits per heavy atom. The number of hydrogen-bond donors (Lipinski definition) is 1. The summed E-state index contributed by atoms with van der Waals surface area (Å²) < 4.78 is 5.03. The van der Waals surface area contributed by atoms with Gasteiger partial charge in [0.2, 0.25) is 5.88 Å². The molecule has 1 aromatic carbocycles. The second kappa shape index (κ2) is 4.77. The zero-order valence-electron chi connectivity index (χ0n) is 9.18. The molecule has 2 N–H and O–H groups in total. The van der Waals surface area contributed by atoms with E-state index < -0.39 is 0 Å². The molecule has 3 nitrogen and oxygen atoms in total. The van der Waals surface area contributed by atoms with E-state index in [4.69, 9.17) is 10.5 Å². The minimum atomic E-state index is 0.530. The molecule has 16 heavy (non-hydrogen) atoms. The topological polar surface area (TPSA) is 48.1 Å². The van der Waals surface area contributed by atoms with Crippen molar-refractivity contribution >= 4 is 0 Å². The lowest BCUT2D eigenvalue weighted by atomic mass is 10.0. The first-order chi connectivity index (χ1) is 7.85. The van der Waals surface area contributed by atoms with Gasteiger partial charge in [0.25, 0.3) is 0 Å². The van der Waals surface area contributed by atoms with Crippen molar-refractivity contribution in [3.05, 3.63) is 48.2 Å². The van der Waals surface area contributed by atoms with Crippen LogP contribution in [0.15, 0.2) is 42.6 Å². The van der Waals surface area contributed by atoms with Gasteiger partial charge in [-0.3, -0.25) is 0 Å². The highest BCUT2D eigenvalue weighted by Crippen LogP contribution is 2.23. The second-order valence-corrected chi connectivity index (χ2v) is 3.45. The molecule has 0 unspecified atom stereocenters. The van der Waals surface area contributed by atoms with E-state index in [9.17, 15) is 0 Å². The van der Waals surface area contributed by atoms with E-state index in [-0.39, 0.29) is 0 Å². The Hall–Kier alpha value is -1.87. The van der Waals surface area contributed by atoms with E-state index in [1.165, 1.54) is 0 Å². The molecule has 2 aromatic rings. The molecule has 0 saturated carbocycles. The molecule has 3 heteroatoms. The highest BCUT2D eigenvalue weighted by atomic mass is 16.5. The lowest BCUT2D eigenvalue weighted by Crippen LogP contribution is -1.98. The van der Waals surface area contributed by atoms with Crippen LogP contribution in [0.25, 0.3) is 11.1 Å². The van der Waals surface area contributed by atoms with E-state index in [1.54, 1.807) is 13.3 Å². The number of rotatable bonds is 3. The third kappa shape index (κ3) is 2.04.